The van der Waals surface area contributed by atoms with Crippen LogP contribution in [-0.2, 0) is 6.42 Å². The zero-order valence-corrected chi connectivity index (χ0v) is 13.4. The van der Waals surface area contributed by atoms with Crippen LogP contribution in [0.3, 0.4) is 0 Å². The molecule has 0 fully saturated rings. The first-order valence-corrected chi connectivity index (χ1v) is 7.69. The SMILES string of the molecule is CCOc1ccc(C)cc1C(NC)c1ccccc1CC. The van der Waals surface area contributed by atoms with Gasteiger partial charge in [-0.1, -0.05) is 48.9 Å². The maximum Gasteiger partial charge on any atom is 0.124 e. The summed E-state index contributed by atoms with van der Waals surface area (Å²) >= 11 is 0. The molecule has 112 valence electrons. The van der Waals surface area contributed by atoms with Crippen LogP contribution in [0.1, 0.15) is 42.1 Å². The third-order valence-electron chi connectivity index (χ3n) is 3.81. The van der Waals surface area contributed by atoms with Gasteiger partial charge in [-0.25, -0.2) is 0 Å². The van der Waals surface area contributed by atoms with Gasteiger partial charge in [0.2, 0.25) is 0 Å². The lowest BCUT2D eigenvalue weighted by Gasteiger charge is -2.23. The van der Waals surface area contributed by atoms with E-state index in [1.54, 1.807) is 0 Å². The van der Waals surface area contributed by atoms with Crippen LogP contribution < -0.4 is 10.1 Å². The molecule has 2 nitrogen and oxygen atoms in total. The molecule has 0 aromatic heterocycles. The van der Waals surface area contributed by atoms with E-state index in [-0.39, 0.29) is 6.04 Å². The van der Waals surface area contributed by atoms with Crippen molar-refractivity contribution in [1.29, 1.82) is 0 Å². The van der Waals surface area contributed by atoms with Crippen molar-refractivity contribution >= 4 is 0 Å². The Kier molecular flexibility index (Phi) is 5.40. The summed E-state index contributed by atoms with van der Waals surface area (Å²) in [6, 6.07) is 15.2. The Labute approximate surface area is 128 Å². The summed E-state index contributed by atoms with van der Waals surface area (Å²) < 4.78 is 5.83. The molecule has 1 atom stereocenters. The highest BCUT2D eigenvalue weighted by Gasteiger charge is 2.19. The minimum absolute atomic E-state index is 0.155. The Bertz CT molecular complexity index is 592. The Morgan fingerprint density at radius 3 is 2.48 bits per heavy atom. The van der Waals surface area contributed by atoms with Crippen LogP contribution >= 0.6 is 0 Å². The zero-order valence-electron chi connectivity index (χ0n) is 13.4. The molecule has 2 heteroatoms. The average Bonchev–Trinajstić information content (AvgIpc) is 2.51. The molecule has 2 rings (SSSR count). The highest BCUT2D eigenvalue weighted by atomic mass is 16.5. The molecule has 0 aliphatic heterocycles. The fraction of sp³-hybridized carbons (Fsp3) is 0.368. The van der Waals surface area contributed by atoms with Gasteiger partial charge in [-0.3, -0.25) is 0 Å². The minimum atomic E-state index is 0.155. The van der Waals surface area contributed by atoms with E-state index in [9.17, 15) is 0 Å². The molecule has 0 aliphatic carbocycles. The van der Waals surface area contributed by atoms with E-state index in [1.807, 2.05) is 14.0 Å². The molecule has 0 spiro atoms. The fourth-order valence-electron chi connectivity index (χ4n) is 2.80. The van der Waals surface area contributed by atoms with Gasteiger partial charge in [0.05, 0.1) is 12.6 Å². The minimum Gasteiger partial charge on any atom is -0.494 e. The molecule has 0 saturated heterocycles. The zero-order chi connectivity index (χ0) is 15.2. The van der Waals surface area contributed by atoms with Gasteiger partial charge in [0.15, 0.2) is 0 Å². The van der Waals surface area contributed by atoms with Crippen molar-refractivity contribution in [3.05, 3.63) is 64.7 Å². The van der Waals surface area contributed by atoms with Gasteiger partial charge in [-0.2, -0.15) is 0 Å². The van der Waals surface area contributed by atoms with Crippen molar-refractivity contribution in [2.24, 2.45) is 0 Å². The van der Waals surface area contributed by atoms with Gasteiger partial charge in [0, 0.05) is 5.56 Å². The smallest absolute Gasteiger partial charge is 0.124 e. The van der Waals surface area contributed by atoms with Crippen molar-refractivity contribution in [3.63, 3.8) is 0 Å². The Morgan fingerprint density at radius 2 is 1.81 bits per heavy atom. The summed E-state index contributed by atoms with van der Waals surface area (Å²) in [5.74, 6) is 0.966. The van der Waals surface area contributed by atoms with E-state index in [2.05, 4.69) is 61.6 Å². The molecule has 0 radical (unpaired) electrons. The normalized spacial score (nSPS) is 12.2. The molecule has 0 saturated carbocycles. The van der Waals surface area contributed by atoms with E-state index in [4.69, 9.17) is 4.74 Å². The summed E-state index contributed by atoms with van der Waals surface area (Å²) in [7, 11) is 2.01. The molecule has 0 heterocycles. The highest BCUT2D eigenvalue weighted by Crippen LogP contribution is 2.32. The number of nitrogens with one attached hydrogen (secondary N) is 1. The molecule has 0 amide bonds. The first-order valence-electron chi connectivity index (χ1n) is 7.69. The number of rotatable bonds is 6. The van der Waals surface area contributed by atoms with Gasteiger partial charge in [-0.15, -0.1) is 0 Å². The summed E-state index contributed by atoms with van der Waals surface area (Å²) in [5.41, 5.74) is 5.16. The van der Waals surface area contributed by atoms with Crippen molar-refractivity contribution in [3.8, 4) is 5.75 Å². The lowest BCUT2D eigenvalue weighted by molar-refractivity contribution is 0.334. The lowest BCUT2D eigenvalue weighted by atomic mass is 9.92. The number of ether oxygens (including phenoxy) is 1. The molecule has 2 aromatic carbocycles. The first kappa shape index (κ1) is 15.6. The number of hydrogen-bond acceptors (Lipinski definition) is 2. The molecule has 1 N–H and O–H groups in total. The second kappa shape index (κ2) is 7.28. The maximum absolute atomic E-state index is 5.83. The van der Waals surface area contributed by atoms with E-state index < -0.39 is 0 Å². The van der Waals surface area contributed by atoms with Gasteiger partial charge in [0.25, 0.3) is 0 Å². The second-order valence-electron chi connectivity index (χ2n) is 5.25. The van der Waals surface area contributed by atoms with Gasteiger partial charge >= 0.3 is 0 Å². The van der Waals surface area contributed by atoms with Crippen LogP contribution in [0.2, 0.25) is 0 Å². The quantitative estimate of drug-likeness (QED) is 0.855. The van der Waals surface area contributed by atoms with Crippen molar-refractivity contribution < 1.29 is 4.74 Å². The molecular formula is C19H25NO. The van der Waals surface area contributed by atoms with Gasteiger partial charge in [0.1, 0.15) is 5.75 Å². The topological polar surface area (TPSA) is 21.3 Å². The van der Waals surface area contributed by atoms with Gasteiger partial charge < -0.3 is 10.1 Å². The summed E-state index contributed by atoms with van der Waals surface area (Å²) in [6.07, 6.45) is 1.03. The highest BCUT2D eigenvalue weighted by molar-refractivity contribution is 5.46. The predicted octanol–water partition coefficient (Wildman–Crippen LogP) is 4.26. The molecular weight excluding hydrogens is 258 g/mol. The van der Waals surface area contributed by atoms with Crippen LogP contribution in [0.25, 0.3) is 0 Å². The fourth-order valence-corrected chi connectivity index (χ4v) is 2.80. The third-order valence-corrected chi connectivity index (χ3v) is 3.81. The Balaban J connectivity index is 2.53. The van der Waals surface area contributed by atoms with E-state index in [0.29, 0.717) is 6.61 Å². The van der Waals surface area contributed by atoms with Crippen LogP contribution in [-0.4, -0.2) is 13.7 Å². The largest absolute Gasteiger partial charge is 0.494 e. The van der Waals surface area contributed by atoms with Gasteiger partial charge in [-0.05, 0) is 44.5 Å². The second-order valence-corrected chi connectivity index (χ2v) is 5.25. The molecule has 2 aromatic rings. The standard InChI is InChI=1S/C19H25NO/c1-5-15-9-7-8-10-16(15)19(20-4)17-13-14(3)11-12-18(17)21-6-2/h7-13,19-20H,5-6H2,1-4H3. The monoisotopic (exact) mass is 283 g/mol. The van der Waals surface area contributed by atoms with Crippen LogP contribution in [0.4, 0.5) is 0 Å². The van der Waals surface area contributed by atoms with Crippen LogP contribution in [0.15, 0.2) is 42.5 Å². The molecule has 0 aliphatic rings. The maximum atomic E-state index is 5.83. The summed E-state index contributed by atoms with van der Waals surface area (Å²) in [6.45, 7) is 7.03. The molecule has 0 bridgehead atoms. The Hall–Kier alpha value is -1.80. The number of benzene rings is 2. The molecule has 1 unspecified atom stereocenters. The van der Waals surface area contributed by atoms with Crippen molar-refractivity contribution in [2.75, 3.05) is 13.7 Å². The number of aryl methyl sites for hydroxylation is 2. The average molecular weight is 283 g/mol. The number of hydrogen-bond donors (Lipinski definition) is 1. The van der Waals surface area contributed by atoms with E-state index >= 15 is 0 Å². The van der Waals surface area contributed by atoms with Crippen molar-refractivity contribution in [1.82, 2.24) is 5.32 Å². The van der Waals surface area contributed by atoms with E-state index in [1.165, 1.54) is 22.3 Å². The first-order chi connectivity index (χ1) is 10.2. The molecule has 21 heavy (non-hydrogen) atoms. The van der Waals surface area contributed by atoms with Crippen LogP contribution in [0, 0.1) is 6.92 Å². The van der Waals surface area contributed by atoms with Crippen molar-refractivity contribution in [2.45, 2.75) is 33.2 Å². The Morgan fingerprint density at radius 1 is 1.05 bits per heavy atom. The lowest BCUT2D eigenvalue weighted by Crippen LogP contribution is -2.20. The van der Waals surface area contributed by atoms with Crippen LogP contribution in [0.5, 0.6) is 5.75 Å². The summed E-state index contributed by atoms with van der Waals surface area (Å²) in [5, 5.41) is 3.46. The predicted molar refractivity (Wildman–Crippen MR) is 89.1 cm³/mol. The third kappa shape index (κ3) is 3.45. The summed E-state index contributed by atoms with van der Waals surface area (Å²) in [4.78, 5) is 0. The van der Waals surface area contributed by atoms with E-state index in [0.717, 1.165) is 12.2 Å².